The number of carbonyl (C=O) groups is 2. The van der Waals surface area contributed by atoms with Gasteiger partial charge >= 0.3 is 0 Å². The van der Waals surface area contributed by atoms with Crippen molar-refractivity contribution in [3.05, 3.63) is 29.8 Å². The molecule has 0 fully saturated rings. The van der Waals surface area contributed by atoms with E-state index >= 15 is 0 Å². The van der Waals surface area contributed by atoms with Crippen molar-refractivity contribution in [1.29, 1.82) is 0 Å². The maximum Gasteiger partial charge on any atom is 0.253 e. The molecule has 0 saturated carbocycles. The number of thioether (sulfide) groups is 1. The van der Waals surface area contributed by atoms with E-state index in [1.807, 2.05) is 12.1 Å². The Labute approximate surface area is 128 Å². The molecule has 1 aromatic rings. The second-order valence-corrected chi connectivity index (χ2v) is 6.54. The Morgan fingerprint density at radius 3 is 2.67 bits per heavy atom. The van der Waals surface area contributed by atoms with Crippen LogP contribution < -0.4 is 11.1 Å². The quantitative estimate of drug-likeness (QED) is 0.892. The lowest BCUT2D eigenvalue weighted by Gasteiger charge is -2.22. The van der Waals surface area contributed by atoms with Crippen LogP contribution in [0.4, 0.5) is 0 Å². The minimum Gasteiger partial charge on any atom is -0.368 e. The molecular formula is C15H19N3O2S. The van der Waals surface area contributed by atoms with Crippen LogP contribution in [-0.2, 0) is 4.79 Å². The minimum atomic E-state index is -1.08. The van der Waals surface area contributed by atoms with E-state index in [1.165, 1.54) is 11.8 Å². The van der Waals surface area contributed by atoms with Crippen LogP contribution in [0.2, 0.25) is 0 Å². The van der Waals surface area contributed by atoms with Crippen molar-refractivity contribution in [3.63, 3.8) is 0 Å². The van der Waals surface area contributed by atoms with Gasteiger partial charge in [0.1, 0.15) is 5.54 Å². The smallest absolute Gasteiger partial charge is 0.253 e. The van der Waals surface area contributed by atoms with Gasteiger partial charge in [-0.05, 0) is 38.8 Å². The lowest BCUT2D eigenvalue weighted by Crippen LogP contribution is -2.53. The molecule has 2 rings (SSSR count). The SMILES string of the molecule is CC(C)(NC(=O)c1ccccc1SC1=NCCC1)C(N)=O. The Kier molecular flexibility index (Phi) is 4.67. The van der Waals surface area contributed by atoms with E-state index in [0.29, 0.717) is 5.56 Å². The Balaban J connectivity index is 2.19. The third kappa shape index (κ3) is 3.85. The first kappa shape index (κ1) is 15.6. The van der Waals surface area contributed by atoms with Crippen LogP contribution in [0.3, 0.4) is 0 Å². The van der Waals surface area contributed by atoms with Gasteiger partial charge in [-0.25, -0.2) is 0 Å². The van der Waals surface area contributed by atoms with E-state index in [0.717, 1.165) is 29.3 Å². The number of carbonyl (C=O) groups excluding carboxylic acids is 2. The Hall–Kier alpha value is -1.82. The summed E-state index contributed by atoms with van der Waals surface area (Å²) < 4.78 is 0. The van der Waals surface area contributed by atoms with Crippen LogP contribution in [0.15, 0.2) is 34.2 Å². The first-order valence-electron chi connectivity index (χ1n) is 6.83. The molecule has 0 atom stereocenters. The number of nitrogens with one attached hydrogen (secondary N) is 1. The van der Waals surface area contributed by atoms with E-state index in [-0.39, 0.29) is 5.91 Å². The molecule has 1 heterocycles. The lowest BCUT2D eigenvalue weighted by atomic mass is 10.0. The van der Waals surface area contributed by atoms with Gasteiger partial charge in [0.2, 0.25) is 5.91 Å². The highest BCUT2D eigenvalue weighted by Crippen LogP contribution is 2.28. The number of amides is 2. The molecule has 1 aromatic carbocycles. The Morgan fingerprint density at radius 1 is 1.33 bits per heavy atom. The third-order valence-electron chi connectivity index (χ3n) is 3.24. The molecule has 0 bridgehead atoms. The monoisotopic (exact) mass is 305 g/mol. The first-order valence-corrected chi connectivity index (χ1v) is 7.64. The molecule has 0 spiro atoms. The summed E-state index contributed by atoms with van der Waals surface area (Å²) in [5.41, 5.74) is 4.74. The summed E-state index contributed by atoms with van der Waals surface area (Å²) in [7, 11) is 0. The summed E-state index contributed by atoms with van der Waals surface area (Å²) in [6, 6.07) is 7.31. The molecule has 112 valence electrons. The van der Waals surface area contributed by atoms with Crippen molar-refractivity contribution in [2.75, 3.05) is 6.54 Å². The van der Waals surface area contributed by atoms with Crippen molar-refractivity contribution in [1.82, 2.24) is 5.32 Å². The fourth-order valence-corrected chi connectivity index (χ4v) is 2.95. The van der Waals surface area contributed by atoms with Gasteiger partial charge in [-0.3, -0.25) is 14.6 Å². The average Bonchev–Trinajstić information content (AvgIpc) is 2.91. The highest BCUT2D eigenvalue weighted by molar-refractivity contribution is 8.14. The van der Waals surface area contributed by atoms with Crippen molar-refractivity contribution in [3.8, 4) is 0 Å². The molecule has 0 radical (unpaired) electrons. The minimum absolute atomic E-state index is 0.305. The van der Waals surface area contributed by atoms with E-state index in [4.69, 9.17) is 5.73 Å². The Bertz CT molecular complexity index is 596. The highest BCUT2D eigenvalue weighted by atomic mass is 32.2. The van der Waals surface area contributed by atoms with E-state index in [1.54, 1.807) is 26.0 Å². The molecule has 0 aliphatic carbocycles. The van der Waals surface area contributed by atoms with E-state index in [2.05, 4.69) is 10.3 Å². The van der Waals surface area contributed by atoms with Crippen molar-refractivity contribution in [2.24, 2.45) is 10.7 Å². The van der Waals surface area contributed by atoms with Crippen LogP contribution in [0.5, 0.6) is 0 Å². The maximum atomic E-state index is 12.4. The van der Waals surface area contributed by atoms with Gasteiger partial charge in [0.05, 0.1) is 10.6 Å². The Morgan fingerprint density at radius 2 is 2.05 bits per heavy atom. The maximum absolute atomic E-state index is 12.4. The predicted molar refractivity (Wildman–Crippen MR) is 84.6 cm³/mol. The number of nitrogens with two attached hydrogens (primary N) is 1. The van der Waals surface area contributed by atoms with E-state index < -0.39 is 11.4 Å². The van der Waals surface area contributed by atoms with Crippen molar-refractivity contribution >= 4 is 28.6 Å². The van der Waals surface area contributed by atoms with Gasteiger partial charge in [-0.2, -0.15) is 0 Å². The topological polar surface area (TPSA) is 84.6 Å². The van der Waals surface area contributed by atoms with Gasteiger partial charge in [0.15, 0.2) is 0 Å². The summed E-state index contributed by atoms with van der Waals surface area (Å²) in [5.74, 6) is -0.873. The number of hydrogen-bond acceptors (Lipinski definition) is 4. The molecule has 1 aliphatic heterocycles. The fraction of sp³-hybridized carbons (Fsp3) is 0.400. The molecular weight excluding hydrogens is 286 g/mol. The number of benzene rings is 1. The lowest BCUT2D eigenvalue weighted by molar-refractivity contribution is -0.122. The zero-order chi connectivity index (χ0) is 15.5. The third-order valence-corrected chi connectivity index (χ3v) is 4.38. The molecule has 0 saturated heterocycles. The predicted octanol–water partition coefficient (Wildman–Crippen LogP) is 1.96. The fourth-order valence-electron chi connectivity index (χ4n) is 1.88. The summed E-state index contributed by atoms with van der Waals surface area (Å²) in [4.78, 5) is 29.0. The van der Waals surface area contributed by atoms with Crippen LogP contribution in [-0.4, -0.2) is 28.9 Å². The summed E-state index contributed by atoms with van der Waals surface area (Å²) in [6.45, 7) is 4.03. The number of aliphatic imine (C=N–C) groups is 1. The number of hydrogen-bond donors (Lipinski definition) is 2. The summed E-state index contributed by atoms with van der Waals surface area (Å²) in [5, 5.41) is 3.72. The molecule has 6 heteroatoms. The molecule has 0 unspecified atom stereocenters. The molecule has 0 aromatic heterocycles. The van der Waals surface area contributed by atoms with Crippen LogP contribution in [0.1, 0.15) is 37.0 Å². The molecule has 3 N–H and O–H groups in total. The molecule has 21 heavy (non-hydrogen) atoms. The van der Waals surface area contributed by atoms with Gasteiger partial charge in [-0.15, -0.1) is 0 Å². The van der Waals surface area contributed by atoms with Gasteiger partial charge in [0, 0.05) is 11.4 Å². The number of rotatable bonds is 4. The second-order valence-electron chi connectivity index (χ2n) is 5.42. The zero-order valence-electron chi connectivity index (χ0n) is 12.2. The molecule has 5 nitrogen and oxygen atoms in total. The molecule has 1 aliphatic rings. The van der Waals surface area contributed by atoms with Gasteiger partial charge in [-0.1, -0.05) is 23.9 Å². The molecule has 2 amide bonds. The average molecular weight is 305 g/mol. The van der Waals surface area contributed by atoms with Crippen LogP contribution >= 0.6 is 11.8 Å². The van der Waals surface area contributed by atoms with Gasteiger partial charge in [0.25, 0.3) is 5.91 Å². The van der Waals surface area contributed by atoms with Crippen LogP contribution in [0.25, 0.3) is 0 Å². The number of nitrogens with zero attached hydrogens (tertiary/aromatic N) is 1. The van der Waals surface area contributed by atoms with Crippen molar-refractivity contribution < 1.29 is 9.59 Å². The largest absolute Gasteiger partial charge is 0.368 e. The normalized spacial score (nSPS) is 14.7. The van der Waals surface area contributed by atoms with Gasteiger partial charge < -0.3 is 11.1 Å². The van der Waals surface area contributed by atoms with Crippen LogP contribution in [0, 0.1) is 0 Å². The standard InChI is InChI=1S/C15H19N3O2S/c1-15(2,14(16)20)18-13(19)10-6-3-4-7-11(10)21-12-8-5-9-17-12/h3-4,6-7H,5,8-9H2,1-2H3,(H2,16,20)(H,18,19). The van der Waals surface area contributed by atoms with Crippen molar-refractivity contribution in [2.45, 2.75) is 37.1 Å². The first-order chi connectivity index (χ1) is 9.90. The number of primary amides is 1. The zero-order valence-corrected chi connectivity index (χ0v) is 13.0. The summed E-state index contributed by atoms with van der Waals surface area (Å²) in [6.07, 6.45) is 2.01. The van der Waals surface area contributed by atoms with E-state index in [9.17, 15) is 9.59 Å². The highest BCUT2D eigenvalue weighted by Gasteiger charge is 2.28. The summed E-state index contributed by atoms with van der Waals surface area (Å²) >= 11 is 1.51. The second kappa shape index (κ2) is 6.30.